The van der Waals surface area contributed by atoms with Crippen LogP contribution in [0.15, 0.2) is 30.6 Å². The summed E-state index contributed by atoms with van der Waals surface area (Å²) in [6, 6.07) is 5.00. The van der Waals surface area contributed by atoms with Crippen molar-refractivity contribution in [3.8, 4) is 0 Å². The molecule has 0 spiro atoms. The van der Waals surface area contributed by atoms with Crippen LogP contribution in [0.2, 0.25) is 0 Å². The van der Waals surface area contributed by atoms with Crippen molar-refractivity contribution in [2.75, 3.05) is 13.2 Å². The van der Waals surface area contributed by atoms with Crippen molar-refractivity contribution in [1.29, 1.82) is 0 Å². The van der Waals surface area contributed by atoms with Crippen molar-refractivity contribution in [3.05, 3.63) is 36.2 Å². The number of nitrogens with one attached hydrogen (secondary N) is 1. The SMILES string of the molecule is O=C(O)CC1(NC(=O)c2ccc3nccnc3c2)CCOC1. The fourth-order valence-electron chi connectivity index (χ4n) is 2.60. The fourth-order valence-corrected chi connectivity index (χ4v) is 2.60. The molecule has 1 atom stereocenters. The first-order chi connectivity index (χ1) is 10.6. The standard InChI is InChI=1S/C15H15N3O4/c19-13(20)8-15(3-6-22-9-15)18-14(21)10-1-2-11-12(7-10)17-5-4-16-11/h1-2,4-5,7H,3,6,8-9H2,(H,18,21)(H,19,20). The number of fused-ring (bicyclic) bond motifs is 1. The molecule has 2 N–H and O–H groups in total. The zero-order valence-corrected chi connectivity index (χ0v) is 11.8. The molecule has 114 valence electrons. The Bertz CT molecular complexity index is 726. The first-order valence-corrected chi connectivity index (χ1v) is 6.91. The first-order valence-electron chi connectivity index (χ1n) is 6.91. The number of hydrogen-bond donors (Lipinski definition) is 2. The number of hydrogen-bond acceptors (Lipinski definition) is 5. The second-order valence-corrected chi connectivity index (χ2v) is 5.37. The number of aromatic nitrogens is 2. The molecule has 2 aromatic rings. The molecule has 22 heavy (non-hydrogen) atoms. The van der Waals surface area contributed by atoms with E-state index in [9.17, 15) is 9.59 Å². The van der Waals surface area contributed by atoms with Gasteiger partial charge in [0.2, 0.25) is 0 Å². The van der Waals surface area contributed by atoms with Crippen molar-refractivity contribution in [2.45, 2.75) is 18.4 Å². The summed E-state index contributed by atoms with van der Waals surface area (Å²) < 4.78 is 5.27. The van der Waals surface area contributed by atoms with E-state index in [0.29, 0.717) is 29.6 Å². The van der Waals surface area contributed by atoms with E-state index in [-0.39, 0.29) is 18.9 Å². The third kappa shape index (κ3) is 2.89. The number of carbonyl (C=O) groups excluding carboxylic acids is 1. The molecule has 0 saturated carbocycles. The minimum absolute atomic E-state index is 0.161. The molecule has 1 aromatic heterocycles. The van der Waals surface area contributed by atoms with Crippen LogP contribution in [0.1, 0.15) is 23.2 Å². The quantitative estimate of drug-likeness (QED) is 0.873. The average Bonchev–Trinajstić information content (AvgIpc) is 2.94. The maximum atomic E-state index is 12.4. The zero-order valence-electron chi connectivity index (χ0n) is 11.8. The predicted octanol–water partition coefficient (Wildman–Crippen LogP) is 0.993. The molecule has 1 aliphatic heterocycles. The summed E-state index contributed by atoms with van der Waals surface area (Å²) in [6.45, 7) is 0.648. The van der Waals surface area contributed by atoms with Gasteiger partial charge in [-0.3, -0.25) is 19.6 Å². The van der Waals surface area contributed by atoms with Gasteiger partial charge in [-0.1, -0.05) is 0 Å². The molecule has 1 aromatic carbocycles. The maximum absolute atomic E-state index is 12.4. The Morgan fingerprint density at radius 2 is 2.05 bits per heavy atom. The monoisotopic (exact) mass is 301 g/mol. The van der Waals surface area contributed by atoms with Crippen molar-refractivity contribution < 1.29 is 19.4 Å². The molecule has 3 rings (SSSR count). The molecule has 7 nitrogen and oxygen atoms in total. The molecular formula is C15H15N3O4. The van der Waals surface area contributed by atoms with Gasteiger partial charge in [0.25, 0.3) is 5.91 Å². The molecule has 1 unspecified atom stereocenters. The van der Waals surface area contributed by atoms with Crippen LogP contribution in [0, 0.1) is 0 Å². The highest BCUT2D eigenvalue weighted by atomic mass is 16.5. The fraction of sp³-hybridized carbons (Fsp3) is 0.333. The summed E-state index contributed by atoms with van der Waals surface area (Å²) in [6.07, 6.45) is 3.46. The van der Waals surface area contributed by atoms with Crippen LogP contribution in [0.4, 0.5) is 0 Å². The minimum atomic E-state index is -0.963. The lowest BCUT2D eigenvalue weighted by Gasteiger charge is -2.27. The van der Waals surface area contributed by atoms with E-state index in [4.69, 9.17) is 9.84 Å². The topological polar surface area (TPSA) is 101 Å². The number of carbonyl (C=O) groups is 2. The average molecular weight is 301 g/mol. The molecule has 1 fully saturated rings. The molecule has 7 heteroatoms. The van der Waals surface area contributed by atoms with Crippen LogP contribution in [-0.2, 0) is 9.53 Å². The lowest BCUT2D eigenvalue weighted by molar-refractivity contribution is -0.138. The van der Waals surface area contributed by atoms with Crippen LogP contribution in [0.5, 0.6) is 0 Å². The summed E-state index contributed by atoms with van der Waals surface area (Å²) in [4.78, 5) is 31.8. The summed E-state index contributed by atoms with van der Waals surface area (Å²) in [5.41, 5.74) is 0.888. The van der Waals surface area contributed by atoms with E-state index < -0.39 is 11.5 Å². The number of benzene rings is 1. The molecule has 0 radical (unpaired) electrons. The van der Waals surface area contributed by atoms with Gasteiger partial charge in [0.1, 0.15) is 0 Å². The second-order valence-electron chi connectivity index (χ2n) is 5.37. The normalized spacial score (nSPS) is 20.9. The van der Waals surface area contributed by atoms with Gasteiger partial charge >= 0.3 is 5.97 Å². The number of rotatable bonds is 4. The number of ether oxygens (including phenoxy) is 1. The largest absolute Gasteiger partial charge is 0.481 e. The van der Waals surface area contributed by atoms with Crippen molar-refractivity contribution in [3.63, 3.8) is 0 Å². The summed E-state index contributed by atoms with van der Waals surface area (Å²) in [5.74, 6) is -1.30. The molecular weight excluding hydrogens is 286 g/mol. The third-order valence-corrected chi connectivity index (χ3v) is 3.70. The van der Waals surface area contributed by atoms with E-state index in [1.54, 1.807) is 30.6 Å². The van der Waals surface area contributed by atoms with E-state index in [1.807, 2.05) is 0 Å². The summed E-state index contributed by atoms with van der Waals surface area (Å²) in [5, 5.41) is 11.9. The summed E-state index contributed by atoms with van der Waals surface area (Å²) in [7, 11) is 0. The van der Waals surface area contributed by atoms with Gasteiger partial charge in [-0.2, -0.15) is 0 Å². The van der Waals surface area contributed by atoms with Gasteiger partial charge in [-0.15, -0.1) is 0 Å². The van der Waals surface area contributed by atoms with E-state index >= 15 is 0 Å². The van der Waals surface area contributed by atoms with E-state index in [1.165, 1.54) is 0 Å². The maximum Gasteiger partial charge on any atom is 0.305 e. The second kappa shape index (κ2) is 5.69. The summed E-state index contributed by atoms with van der Waals surface area (Å²) >= 11 is 0. The van der Waals surface area contributed by atoms with Crippen molar-refractivity contribution in [1.82, 2.24) is 15.3 Å². The van der Waals surface area contributed by atoms with Crippen LogP contribution in [-0.4, -0.2) is 45.7 Å². The van der Waals surface area contributed by atoms with Gasteiger partial charge in [0.15, 0.2) is 0 Å². The van der Waals surface area contributed by atoms with Crippen LogP contribution in [0.3, 0.4) is 0 Å². The Morgan fingerprint density at radius 3 is 2.73 bits per heavy atom. The number of nitrogens with zero attached hydrogens (tertiary/aromatic N) is 2. The van der Waals surface area contributed by atoms with Crippen LogP contribution >= 0.6 is 0 Å². The number of carboxylic acid groups (broad SMARTS) is 1. The molecule has 1 amide bonds. The number of carboxylic acids is 1. The van der Waals surface area contributed by atoms with Gasteiger partial charge in [0, 0.05) is 24.6 Å². The van der Waals surface area contributed by atoms with Gasteiger partial charge < -0.3 is 15.2 Å². The zero-order chi connectivity index (χ0) is 15.6. The molecule has 1 aliphatic rings. The molecule has 0 aliphatic carbocycles. The van der Waals surface area contributed by atoms with E-state index in [2.05, 4.69) is 15.3 Å². The van der Waals surface area contributed by atoms with Crippen molar-refractivity contribution >= 4 is 22.9 Å². The Kier molecular flexibility index (Phi) is 3.72. The molecule has 1 saturated heterocycles. The lowest BCUT2D eigenvalue weighted by atomic mass is 9.93. The highest BCUT2D eigenvalue weighted by Gasteiger charge is 2.38. The number of amides is 1. The van der Waals surface area contributed by atoms with Crippen LogP contribution in [0.25, 0.3) is 11.0 Å². The highest BCUT2D eigenvalue weighted by molar-refractivity contribution is 5.97. The van der Waals surface area contributed by atoms with Gasteiger partial charge in [-0.25, -0.2) is 0 Å². The lowest BCUT2D eigenvalue weighted by Crippen LogP contribution is -2.50. The Labute approximate surface area is 126 Å². The van der Waals surface area contributed by atoms with Crippen LogP contribution < -0.4 is 5.32 Å². The van der Waals surface area contributed by atoms with Gasteiger partial charge in [0.05, 0.1) is 29.6 Å². The first kappa shape index (κ1) is 14.4. The Hall–Kier alpha value is -2.54. The minimum Gasteiger partial charge on any atom is -0.481 e. The van der Waals surface area contributed by atoms with Crippen molar-refractivity contribution in [2.24, 2.45) is 0 Å². The Balaban J connectivity index is 1.83. The highest BCUT2D eigenvalue weighted by Crippen LogP contribution is 2.23. The third-order valence-electron chi connectivity index (χ3n) is 3.70. The number of aliphatic carboxylic acids is 1. The predicted molar refractivity (Wildman–Crippen MR) is 77.4 cm³/mol. The molecule has 2 heterocycles. The molecule has 0 bridgehead atoms. The van der Waals surface area contributed by atoms with E-state index in [0.717, 1.165) is 0 Å². The van der Waals surface area contributed by atoms with Gasteiger partial charge in [-0.05, 0) is 24.6 Å². The Morgan fingerprint density at radius 1 is 1.27 bits per heavy atom. The smallest absolute Gasteiger partial charge is 0.305 e.